The van der Waals surface area contributed by atoms with Gasteiger partial charge in [-0.3, -0.25) is 33.7 Å². The van der Waals surface area contributed by atoms with Crippen LogP contribution in [0.15, 0.2) is 24.3 Å². The molecule has 12 nitrogen and oxygen atoms in total. The molecule has 1 aromatic rings. The number of likely N-dealkylation sites (N-methyl/N-ethyl adjacent to an activating group) is 2. The van der Waals surface area contributed by atoms with Crippen molar-refractivity contribution < 1.29 is 28.8 Å². The number of amides is 5. The number of carbonyl (C=O) groups excluding carboxylic acids is 6. The van der Waals surface area contributed by atoms with Crippen molar-refractivity contribution in [3.05, 3.63) is 35.4 Å². The van der Waals surface area contributed by atoms with Crippen molar-refractivity contribution >= 4 is 35.3 Å². The molecular formula is C38H60N6O6. The van der Waals surface area contributed by atoms with Gasteiger partial charge in [-0.25, -0.2) is 0 Å². The molecule has 2 N–H and O–H groups in total. The number of Topliss-reactive ketones (excluding diaryl/α,β-unsaturated/α-hetero) is 1. The molecule has 1 aromatic carbocycles. The summed E-state index contributed by atoms with van der Waals surface area (Å²) < 4.78 is 0. The standard InChI is InChI=1S/C38H60N6O6/c1-23(2)28(21-31(45)32(24(3)4)41(8)9)36(48)42(10)33(25(5)6)38(50)44-20-12-14-30(44)37(49)43-19-11-13-29(43)35(47)40-22-26-15-17-27(18-16-26)34(46)39-7/h15-18,23-25,28-30,32-33H,11-14,19-22H2,1-10H3,(H,39,46)(H,40,47). The van der Waals surface area contributed by atoms with Crippen LogP contribution < -0.4 is 10.6 Å². The van der Waals surface area contributed by atoms with E-state index in [4.69, 9.17) is 0 Å². The first kappa shape index (κ1) is 40.6. The monoisotopic (exact) mass is 696 g/mol. The first-order valence-electron chi connectivity index (χ1n) is 18.2. The minimum Gasteiger partial charge on any atom is -0.355 e. The van der Waals surface area contributed by atoms with Crippen LogP contribution in [0.5, 0.6) is 0 Å². The molecule has 5 atom stereocenters. The summed E-state index contributed by atoms with van der Waals surface area (Å²) in [6.07, 6.45) is 2.43. The highest BCUT2D eigenvalue weighted by molar-refractivity contribution is 5.96. The molecule has 50 heavy (non-hydrogen) atoms. The zero-order valence-corrected chi connectivity index (χ0v) is 31.8. The first-order chi connectivity index (χ1) is 23.5. The van der Waals surface area contributed by atoms with E-state index in [9.17, 15) is 28.8 Å². The van der Waals surface area contributed by atoms with Gasteiger partial charge in [-0.15, -0.1) is 0 Å². The smallest absolute Gasteiger partial charge is 0.251 e. The van der Waals surface area contributed by atoms with Crippen LogP contribution in [0.3, 0.4) is 0 Å². The van der Waals surface area contributed by atoms with Crippen LogP contribution in [0.25, 0.3) is 0 Å². The fourth-order valence-electron chi connectivity index (χ4n) is 7.68. The van der Waals surface area contributed by atoms with Crippen LogP contribution in [-0.2, 0) is 30.5 Å². The molecule has 2 aliphatic heterocycles. The van der Waals surface area contributed by atoms with Crippen molar-refractivity contribution in [1.82, 2.24) is 30.2 Å². The highest BCUT2D eigenvalue weighted by atomic mass is 16.2. The van der Waals surface area contributed by atoms with E-state index in [1.54, 1.807) is 48.2 Å². The summed E-state index contributed by atoms with van der Waals surface area (Å²) in [5.74, 6) is -2.07. The Bertz CT molecular complexity index is 1370. The lowest BCUT2D eigenvalue weighted by Gasteiger charge is -2.38. The maximum absolute atomic E-state index is 14.3. The number of likely N-dealkylation sites (tertiary alicyclic amines) is 2. The topological polar surface area (TPSA) is 139 Å². The maximum Gasteiger partial charge on any atom is 0.251 e. The molecule has 2 heterocycles. The van der Waals surface area contributed by atoms with E-state index in [0.717, 1.165) is 5.56 Å². The van der Waals surface area contributed by atoms with Crippen LogP contribution in [-0.4, -0.2) is 120 Å². The number of nitrogens with one attached hydrogen (secondary N) is 2. The number of ketones is 1. The number of benzene rings is 1. The van der Waals surface area contributed by atoms with E-state index in [1.165, 1.54) is 4.90 Å². The molecule has 2 fully saturated rings. The fourth-order valence-corrected chi connectivity index (χ4v) is 7.68. The lowest BCUT2D eigenvalue weighted by molar-refractivity contribution is -0.154. The Morgan fingerprint density at radius 1 is 0.780 bits per heavy atom. The summed E-state index contributed by atoms with van der Waals surface area (Å²) in [6, 6.07) is 4.48. The van der Waals surface area contributed by atoms with Gasteiger partial charge in [0.25, 0.3) is 5.91 Å². The lowest BCUT2D eigenvalue weighted by Crippen LogP contribution is -2.58. The quantitative estimate of drug-likeness (QED) is 0.288. The minimum absolute atomic E-state index is 0.00574. The Labute approximate surface area is 298 Å². The molecule has 0 bridgehead atoms. The summed E-state index contributed by atoms with van der Waals surface area (Å²) in [5, 5.41) is 5.52. The Morgan fingerprint density at radius 2 is 1.34 bits per heavy atom. The molecule has 0 spiro atoms. The van der Waals surface area contributed by atoms with Gasteiger partial charge in [0.15, 0.2) is 5.78 Å². The molecular weight excluding hydrogens is 636 g/mol. The van der Waals surface area contributed by atoms with Gasteiger partial charge in [-0.2, -0.15) is 0 Å². The number of nitrogens with zero attached hydrogens (tertiary/aromatic N) is 4. The number of carbonyl (C=O) groups is 6. The normalized spacial score (nSPS) is 19.6. The molecule has 0 saturated carbocycles. The van der Waals surface area contributed by atoms with Gasteiger partial charge in [0, 0.05) is 51.6 Å². The Kier molecular flexibility index (Phi) is 14.6. The van der Waals surface area contributed by atoms with Crippen molar-refractivity contribution in [2.45, 2.75) is 104 Å². The second-order valence-electron chi connectivity index (χ2n) is 15.2. The van der Waals surface area contributed by atoms with Crippen molar-refractivity contribution in [2.24, 2.45) is 23.7 Å². The molecule has 2 saturated heterocycles. The van der Waals surface area contributed by atoms with Crippen molar-refractivity contribution in [3.8, 4) is 0 Å². The predicted molar refractivity (Wildman–Crippen MR) is 193 cm³/mol. The predicted octanol–water partition coefficient (Wildman–Crippen LogP) is 2.95. The van der Waals surface area contributed by atoms with Crippen LogP contribution in [0.4, 0.5) is 0 Å². The minimum atomic E-state index is -0.811. The van der Waals surface area contributed by atoms with E-state index in [2.05, 4.69) is 10.6 Å². The SMILES string of the molecule is CNC(=O)c1ccc(CNC(=O)C2CCCN2C(=O)C2CCCN2C(=O)C(C(C)C)N(C)C(=O)C(CC(=O)C(C(C)C)N(C)C)C(C)C)cc1. The third kappa shape index (κ3) is 9.50. The summed E-state index contributed by atoms with van der Waals surface area (Å²) in [4.78, 5) is 87.6. The van der Waals surface area contributed by atoms with Crippen molar-refractivity contribution in [2.75, 3.05) is 41.3 Å². The molecule has 0 radical (unpaired) electrons. The summed E-state index contributed by atoms with van der Waals surface area (Å²) >= 11 is 0. The molecule has 2 aliphatic rings. The number of hydrogen-bond donors (Lipinski definition) is 2. The Hall–Kier alpha value is -3.80. The van der Waals surface area contributed by atoms with Crippen LogP contribution in [0, 0.1) is 23.7 Å². The third-order valence-corrected chi connectivity index (χ3v) is 10.3. The Balaban J connectivity index is 1.73. The van der Waals surface area contributed by atoms with E-state index in [0.29, 0.717) is 44.3 Å². The number of hydrogen-bond acceptors (Lipinski definition) is 7. The van der Waals surface area contributed by atoms with Crippen LogP contribution in [0.1, 0.15) is 89.6 Å². The summed E-state index contributed by atoms with van der Waals surface area (Å²) in [5.41, 5.74) is 1.35. The summed E-state index contributed by atoms with van der Waals surface area (Å²) in [6.45, 7) is 12.7. The van der Waals surface area contributed by atoms with Crippen molar-refractivity contribution in [3.63, 3.8) is 0 Å². The molecule has 5 unspecified atom stereocenters. The lowest BCUT2D eigenvalue weighted by atomic mass is 9.84. The molecule has 278 valence electrons. The average Bonchev–Trinajstić information content (AvgIpc) is 3.75. The number of rotatable bonds is 15. The van der Waals surface area contributed by atoms with Gasteiger partial charge >= 0.3 is 0 Å². The largest absolute Gasteiger partial charge is 0.355 e. The van der Waals surface area contributed by atoms with Gasteiger partial charge < -0.3 is 25.3 Å². The highest BCUT2D eigenvalue weighted by Crippen LogP contribution is 2.29. The highest BCUT2D eigenvalue weighted by Gasteiger charge is 2.45. The Morgan fingerprint density at radius 3 is 1.86 bits per heavy atom. The molecule has 0 aliphatic carbocycles. The molecule has 0 aromatic heterocycles. The molecule has 3 rings (SSSR count). The molecule has 12 heteroatoms. The van der Waals surface area contributed by atoms with Crippen LogP contribution >= 0.6 is 0 Å². The van der Waals surface area contributed by atoms with Gasteiger partial charge in [-0.05, 0) is 75.2 Å². The fraction of sp³-hybridized carbons (Fsp3) is 0.684. The first-order valence-corrected chi connectivity index (χ1v) is 18.2. The average molecular weight is 697 g/mol. The van der Waals surface area contributed by atoms with Gasteiger partial charge in [-0.1, -0.05) is 53.7 Å². The van der Waals surface area contributed by atoms with E-state index < -0.39 is 24.0 Å². The molecule has 5 amide bonds. The van der Waals surface area contributed by atoms with Gasteiger partial charge in [0.05, 0.1) is 6.04 Å². The van der Waals surface area contributed by atoms with E-state index in [-0.39, 0.29) is 72.1 Å². The zero-order chi connectivity index (χ0) is 37.4. The van der Waals surface area contributed by atoms with Crippen LogP contribution in [0.2, 0.25) is 0 Å². The zero-order valence-electron chi connectivity index (χ0n) is 31.8. The third-order valence-electron chi connectivity index (χ3n) is 10.3. The second-order valence-corrected chi connectivity index (χ2v) is 15.2. The maximum atomic E-state index is 14.3. The summed E-state index contributed by atoms with van der Waals surface area (Å²) in [7, 11) is 6.94. The van der Waals surface area contributed by atoms with E-state index >= 15 is 0 Å². The van der Waals surface area contributed by atoms with Gasteiger partial charge in [0.2, 0.25) is 23.6 Å². The second kappa shape index (κ2) is 17.9. The van der Waals surface area contributed by atoms with Gasteiger partial charge in [0.1, 0.15) is 18.1 Å². The van der Waals surface area contributed by atoms with E-state index in [1.807, 2.05) is 60.5 Å². The van der Waals surface area contributed by atoms with Crippen molar-refractivity contribution in [1.29, 1.82) is 0 Å².